The molecule has 1 unspecified atom stereocenters. The molecule has 1 aliphatic heterocycles. The molecule has 2 heterocycles. The van der Waals surface area contributed by atoms with E-state index < -0.39 is 12.0 Å². The summed E-state index contributed by atoms with van der Waals surface area (Å²) < 4.78 is 4.88. The van der Waals surface area contributed by atoms with E-state index in [1.165, 1.54) is 12.0 Å². The van der Waals surface area contributed by atoms with Gasteiger partial charge in [0.05, 0.1) is 13.7 Å². The van der Waals surface area contributed by atoms with Crippen molar-refractivity contribution in [3.8, 4) is 0 Å². The lowest BCUT2D eigenvalue weighted by atomic mass is 10.00. The molecule has 130 valence electrons. The van der Waals surface area contributed by atoms with Gasteiger partial charge in [-0.25, -0.2) is 4.79 Å². The molecular formula is C18H18N2O4S. The van der Waals surface area contributed by atoms with Crippen LogP contribution >= 0.6 is 11.3 Å². The van der Waals surface area contributed by atoms with Crippen molar-refractivity contribution in [3.63, 3.8) is 0 Å². The van der Waals surface area contributed by atoms with E-state index in [2.05, 4.69) is 5.32 Å². The number of esters is 1. The lowest BCUT2D eigenvalue weighted by molar-refractivity contribution is -0.153. The smallest absolute Gasteiger partial charge is 0.333 e. The highest BCUT2D eigenvalue weighted by molar-refractivity contribution is 7.10. The number of benzene rings is 1. The summed E-state index contributed by atoms with van der Waals surface area (Å²) in [5.74, 6) is -1.10. The van der Waals surface area contributed by atoms with E-state index in [9.17, 15) is 14.4 Å². The van der Waals surface area contributed by atoms with Crippen LogP contribution in [-0.2, 0) is 20.7 Å². The fourth-order valence-electron chi connectivity index (χ4n) is 2.90. The Morgan fingerprint density at radius 2 is 2.00 bits per heavy atom. The molecule has 25 heavy (non-hydrogen) atoms. The van der Waals surface area contributed by atoms with Gasteiger partial charge in [0.15, 0.2) is 6.04 Å². The molecule has 0 spiro atoms. The standard InChI is InChI=1S/C18H18N2O4S/c1-24-18(23)16-13-8-10-25-14(13)7-9-20(16)15(21)11-19-17(22)12-5-3-2-4-6-12/h2-6,8,10,16H,7,9,11H2,1H3,(H,19,22). The summed E-state index contributed by atoms with van der Waals surface area (Å²) in [5, 5.41) is 4.52. The minimum atomic E-state index is -0.749. The summed E-state index contributed by atoms with van der Waals surface area (Å²) in [4.78, 5) is 39.5. The number of amides is 2. The number of carbonyl (C=O) groups excluding carboxylic acids is 3. The third-order valence-electron chi connectivity index (χ3n) is 4.15. The fraction of sp³-hybridized carbons (Fsp3) is 0.278. The van der Waals surface area contributed by atoms with Gasteiger partial charge in [0.1, 0.15) is 0 Å². The first kappa shape index (κ1) is 17.2. The molecule has 7 heteroatoms. The molecule has 1 aromatic carbocycles. The number of nitrogens with one attached hydrogen (secondary N) is 1. The SMILES string of the molecule is COC(=O)C1c2ccsc2CCN1C(=O)CNC(=O)c1ccccc1. The molecule has 0 saturated carbocycles. The van der Waals surface area contributed by atoms with Crippen LogP contribution in [0.2, 0.25) is 0 Å². The number of thiophene rings is 1. The number of hydrogen-bond donors (Lipinski definition) is 1. The Hall–Kier alpha value is -2.67. The Kier molecular flexibility index (Phi) is 5.14. The molecule has 0 saturated heterocycles. The van der Waals surface area contributed by atoms with Crippen molar-refractivity contribution >= 4 is 29.1 Å². The van der Waals surface area contributed by atoms with Crippen molar-refractivity contribution in [2.24, 2.45) is 0 Å². The van der Waals surface area contributed by atoms with Crippen LogP contribution in [0.3, 0.4) is 0 Å². The van der Waals surface area contributed by atoms with Gasteiger partial charge in [-0.05, 0) is 35.6 Å². The third kappa shape index (κ3) is 3.56. The molecule has 1 N–H and O–H groups in total. The van der Waals surface area contributed by atoms with Gasteiger partial charge >= 0.3 is 5.97 Å². The monoisotopic (exact) mass is 358 g/mol. The average molecular weight is 358 g/mol. The van der Waals surface area contributed by atoms with Crippen molar-refractivity contribution in [1.82, 2.24) is 10.2 Å². The van der Waals surface area contributed by atoms with Crippen molar-refractivity contribution in [2.45, 2.75) is 12.5 Å². The quantitative estimate of drug-likeness (QED) is 0.846. The minimum absolute atomic E-state index is 0.166. The first-order valence-electron chi connectivity index (χ1n) is 7.88. The van der Waals surface area contributed by atoms with E-state index in [1.54, 1.807) is 35.6 Å². The zero-order chi connectivity index (χ0) is 17.8. The number of methoxy groups -OCH3 is 1. The van der Waals surface area contributed by atoms with E-state index in [0.717, 1.165) is 10.4 Å². The molecule has 0 aliphatic carbocycles. The fourth-order valence-corrected chi connectivity index (χ4v) is 3.80. The Morgan fingerprint density at radius 1 is 1.24 bits per heavy atom. The summed E-state index contributed by atoms with van der Waals surface area (Å²) in [6.07, 6.45) is 0.693. The van der Waals surface area contributed by atoms with Crippen LogP contribution in [0.25, 0.3) is 0 Å². The predicted molar refractivity (Wildman–Crippen MR) is 93.3 cm³/mol. The maximum Gasteiger partial charge on any atom is 0.333 e. The number of carbonyl (C=O) groups is 3. The lowest BCUT2D eigenvalue weighted by Gasteiger charge is -2.34. The van der Waals surface area contributed by atoms with Gasteiger partial charge in [0.2, 0.25) is 5.91 Å². The van der Waals surface area contributed by atoms with Gasteiger partial charge in [0, 0.05) is 17.0 Å². The van der Waals surface area contributed by atoms with Gasteiger partial charge in [-0.2, -0.15) is 0 Å². The maximum atomic E-state index is 12.6. The Morgan fingerprint density at radius 3 is 2.72 bits per heavy atom. The van der Waals surface area contributed by atoms with Gasteiger partial charge in [-0.1, -0.05) is 18.2 Å². The molecular weight excluding hydrogens is 340 g/mol. The van der Waals surface area contributed by atoms with Crippen LogP contribution in [0, 0.1) is 0 Å². The second kappa shape index (κ2) is 7.48. The number of hydrogen-bond acceptors (Lipinski definition) is 5. The molecule has 0 fully saturated rings. The van der Waals surface area contributed by atoms with E-state index in [1.807, 2.05) is 17.5 Å². The summed E-state index contributed by atoms with van der Waals surface area (Å²) in [6.45, 7) is 0.258. The highest BCUT2D eigenvalue weighted by atomic mass is 32.1. The van der Waals surface area contributed by atoms with E-state index in [0.29, 0.717) is 18.5 Å². The summed E-state index contributed by atoms with van der Waals surface area (Å²) >= 11 is 1.57. The Bertz CT molecular complexity index is 787. The predicted octanol–water partition coefficient (Wildman–Crippen LogP) is 1.78. The molecule has 0 bridgehead atoms. The third-order valence-corrected chi connectivity index (χ3v) is 5.14. The zero-order valence-electron chi connectivity index (χ0n) is 13.7. The molecule has 6 nitrogen and oxygen atoms in total. The minimum Gasteiger partial charge on any atom is -0.467 e. The van der Waals surface area contributed by atoms with E-state index in [4.69, 9.17) is 4.74 Å². The summed E-state index contributed by atoms with van der Waals surface area (Å²) in [6, 6.07) is 9.78. The van der Waals surface area contributed by atoms with E-state index in [-0.39, 0.29) is 18.4 Å². The van der Waals surface area contributed by atoms with Crippen LogP contribution in [0.5, 0.6) is 0 Å². The second-order valence-corrected chi connectivity index (χ2v) is 6.61. The average Bonchev–Trinajstić information content (AvgIpc) is 3.13. The second-order valence-electron chi connectivity index (χ2n) is 5.61. The molecule has 3 rings (SSSR count). The van der Waals surface area contributed by atoms with E-state index >= 15 is 0 Å². The molecule has 1 aliphatic rings. The van der Waals surface area contributed by atoms with Gasteiger partial charge < -0.3 is 15.0 Å². The highest BCUT2D eigenvalue weighted by Crippen LogP contribution is 2.34. The topological polar surface area (TPSA) is 75.7 Å². The lowest BCUT2D eigenvalue weighted by Crippen LogP contribution is -2.47. The molecule has 1 aromatic heterocycles. The molecule has 1 atom stereocenters. The van der Waals surface area contributed by atoms with Gasteiger partial charge in [-0.15, -0.1) is 11.3 Å². The van der Waals surface area contributed by atoms with Crippen molar-refractivity contribution in [2.75, 3.05) is 20.2 Å². The van der Waals surface area contributed by atoms with Crippen LogP contribution in [0.4, 0.5) is 0 Å². The summed E-state index contributed by atoms with van der Waals surface area (Å²) in [5.41, 5.74) is 1.30. The van der Waals surface area contributed by atoms with Crippen LogP contribution in [-0.4, -0.2) is 42.9 Å². The normalized spacial score (nSPS) is 16.0. The van der Waals surface area contributed by atoms with Crippen LogP contribution in [0.15, 0.2) is 41.8 Å². The number of fused-ring (bicyclic) bond motifs is 1. The molecule has 0 radical (unpaired) electrons. The number of rotatable bonds is 4. The Labute approximate surface area is 149 Å². The largest absolute Gasteiger partial charge is 0.467 e. The van der Waals surface area contributed by atoms with Gasteiger partial charge in [0.25, 0.3) is 5.91 Å². The number of ether oxygens (including phenoxy) is 1. The zero-order valence-corrected chi connectivity index (χ0v) is 14.5. The molecule has 2 amide bonds. The maximum absolute atomic E-state index is 12.6. The molecule has 2 aromatic rings. The summed E-state index contributed by atoms with van der Waals surface area (Å²) in [7, 11) is 1.31. The van der Waals surface area contributed by atoms with Gasteiger partial charge in [-0.3, -0.25) is 9.59 Å². The van der Waals surface area contributed by atoms with Crippen LogP contribution in [0.1, 0.15) is 26.8 Å². The first-order chi connectivity index (χ1) is 12.1. The highest BCUT2D eigenvalue weighted by Gasteiger charge is 2.37. The van der Waals surface area contributed by atoms with Crippen molar-refractivity contribution in [3.05, 3.63) is 57.8 Å². The van der Waals surface area contributed by atoms with Crippen LogP contribution < -0.4 is 5.32 Å². The Balaban J connectivity index is 1.70. The van der Waals surface area contributed by atoms with Crippen molar-refractivity contribution < 1.29 is 19.1 Å². The first-order valence-corrected chi connectivity index (χ1v) is 8.76. The number of nitrogens with zero attached hydrogens (tertiary/aromatic N) is 1. The van der Waals surface area contributed by atoms with Crippen molar-refractivity contribution in [1.29, 1.82) is 0 Å².